The van der Waals surface area contributed by atoms with Crippen LogP contribution in [-0.4, -0.2) is 44.7 Å². The van der Waals surface area contributed by atoms with Crippen LogP contribution in [0.25, 0.3) is 11.0 Å². The number of carbonyl (C=O) groups excluding carboxylic acids is 1. The highest BCUT2D eigenvalue weighted by Gasteiger charge is 2.30. The number of amides is 1. The number of carbonyl (C=O) groups is 1. The van der Waals surface area contributed by atoms with Gasteiger partial charge in [0.2, 0.25) is 5.91 Å². The Kier molecular flexibility index (Phi) is 4.92. The van der Waals surface area contributed by atoms with E-state index in [0.29, 0.717) is 5.92 Å². The van der Waals surface area contributed by atoms with Gasteiger partial charge in [0.1, 0.15) is 12.4 Å². The number of hydrogen-bond donors (Lipinski definition) is 2. The van der Waals surface area contributed by atoms with Crippen LogP contribution in [0.5, 0.6) is 0 Å². The standard InChI is InChI=1S/C17H23N3O2S/c1-11(15(10-21)23-2)18-16(22)9-20-14-6-4-3-5-13(14)19-17(20)12-7-8-12/h3-6,11-12,15,21H,7-10H2,1-2H3,(H,18,22). The Morgan fingerprint density at radius 1 is 1.48 bits per heavy atom. The number of thioether (sulfide) groups is 1. The number of nitrogens with zero attached hydrogens (tertiary/aromatic N) is 2. The van der Waals surface area contributed by atoms with Crippen molar-refractivity contribution >= 4 is 28.7 Å². The molecule has 1 aliphatic carbocycles. The van der Waals surface area contributed by atoms with Crippen molar-refractivity contribution in [2.75, 3.05) is 12.9 Å². The molecule has 1 heterocycles. The summed E-state index contributed by atoms with van der Waals surface area (Å²) < 4.78 is 2.04. The van der Waals surface area contributed by atoms with Gasteiger partial charge in [-0.25, -0.2) is 4.98 Å². The molecule has 2 unspecified atom stereocenters. The Morgan fingerprint density at radius 2 is 2.22 bits per heavy atom. The number of imidazole rings is 1. The van der Waals surface area contributed by atoms with Crippen LogP contribution >= 0.6 is 11.8 Å². The van der Waals surface area contributed by atoms with E-state index in [2.05, 4.69) is 5.32 Å². The monoisotopic (exact) mass is 333 g/mol. The molecule has 0 bridgehead atoms. The van der Waals surface area contributed by atoms with E-state index >= 15 is 0 Å². The molecule has 1 aliphatic rings. The van der Waals surface area contributed by atoms with Gasteiger partial charge in [-0.1, -0.05) is 12.1 Å². The number of hydrogen-bond acceptors (Lipinski definition) is 4. The van der Waals surface area contributed by atoms with Crippen LogP contribution in [0.3, 0.4) is 0 Å². The van der Waals surface area contributed by atoms with E-state index in [9.17, 15) is 9.90 Å². The summed E-state index contributed by atoms with van der Waals surface area (Å²) in [6, 6.07) is 7.90. The molecule has 1 saturated carbocycles. The summed E-state index contributed by atoms with van der Waals surface area (Å²) in [5, 5.41) is 12.4. The molecule has 3 rings (SSSR count). The highest BCUT2D eigenvalue weighted by molar-refractivity contribution is 7.99. The van der Waals surface area contributed by atoms with Crippen molar-refractivity contribution in [2.24, 2.45) is 0 Å². The zero-order valence-corrected chi connectivity index (χ0v) is 14.3. The molecular formula is C17H23N3O2S. The molecule has 2 N–H and O–H groups in total. The lowest BCUT2D eigenvalue weighted by atomic mass is 10.2. The molecular weight excluding hydrogens is 310 g/mol. The van der Waals surface area contributed by atoms with Crippen molar-refractivity contribution < 1.29 is 9.90 Å². The summed E-state index contributed by atoms with van der Waals surface area (Å²) >= 11 is 1.56. The van der Waals surface area contributed by atoms with Crippen LogP contribution in [0, 0.1) is 0 Å². The maximum atomic E-state index is 12.4. The summed E-state index contributed by atoms with van der Waals surface area (Å²) in [4.78, 5) is 17.2. The molecule has 0 spiro atoms. The first-order valence-corrected chi connectivity index (χ1v) is 9.31. The summed E-state index contributed by atoms with van der Waals surface area (Å²) in [6.07, 6.45) is 4.25. The molecule has 23 heavy (non-hydrogen) atoms. The van der Waals surface area contributed by atoms with Gasteiger partial charge in [0.25, 0.3) is 0 Å². The number of aliphatic hydroxyl groups excluding tert-OH is 1. The highest BCUT2D eigenvalue weighted by atomic mass is 32.2. The molecule has 5 nitrogen and oxygen atoms in total. The maximum Gasteiger partial charge on any atom is 0.240 e. The average molecular weight is 333 g/mol. The Hall–Kier alpha value is -1.53. The second kappa shape index (κ2) is 6.93. The molecule has 1 fully saturated rings. The molecule has 0 aliphatic heterocycles. The van der Waals surface area contributed by atoms with Gasteiger partial charge in [-0.15, -0.1) is 0 Å². The number of nitrogens with one attached hydrogen (secondary N) is 1. The van der Waals surface area contributed by atoms with Gasteiger partial charge in [-0.3, -0.25) is 4.79 Å². The first kappa shape index (κ1) is 16.3. The van der Waals surface area contributed by atoms with Crippen molar-refractivity contribution in [2.45, 2.75) is 43.5 Å². The van der Waals surface area contributed by atoms with E-state index in [-0.39, 0.29) is 30.4 Å². The minimum atomic E-state index is -0.0679. The Labute approximate surface area is 140 Å². The third-order valence-corrected chi connectivity index (χ3v) is 5.52. The van der Waals surface area contributed by atoms with E-state index in [1.807, 2.05) is 42.0 Å². The molecule has 1 aromatic carbocycles. The molecule has 124 valence electrons. The van der Waals surface area contributed by atoms with Crippen molar-refractivity contribution in [3.63, 3.8) is 0 Å². The minimum Gasteiger partial charge on any atom is -0.395 e. The van der Waals surface area contributed by atoms with E-state index in [1.54, 1.807) is 11.8 Å². The molecule has 0 radical (unpaired) electrons. The molecule has 1 aromatic heterocycles. The van der Waals surface area contributed by atoms with Crippen molar-refractivity contribution in [3.05, 3.63) is 30.1 Å². The van der Waals surface area contributed by atoms with Gasteiger partial charge in [0, 0.05) is 17.2 Å². The second-order valence-electron chi connectivity index (χ2n) is 6.13. The van der Waals surface area contributed by atoms with E-state index in [1.165, 1.54) is 0 Å². The fourth-order valence-corrected chi connectivity index (χ4v) is 3.51. The van der Waals surface area contributed by atoms with Crippen LogP contribution in [0.2, 0.25) is 0 Å². The van der Waals surface area contributed by atoms with Gasteiger partial charge in [0.15, 0.2) is 0 Å². The third kappa shape index (κ3) is 3.53. The molecule has 0 saturated heterocycles. The number of fused-ring (bicyclic) bond motifs is 1. The van der Waals surface area contributed by atoms with Crippen LogP contribution in [0.1, 0.15) is 31.5 Å². The van der Waals surface area contributed by atoms with Crippen LogP contribution in [0.4, 0.5) is 0 Å². The topological polar surface area (TPSA) is 67.2 Å². The number of benzene rings is 1. The smallest absolute Gasteiger partial charge is 0.240 e. The zero-order valence-electron chi connectivity index (χ0n) is 13.5. The lowest BCUT2D eigenvalue weighted by molar-refractivity contribution is -0.122. The normalized spacial score (nSPS) is 17.2. The number of aliphatic hydroxyl groups is 1. The zero-order chi connectivity index (χ0) is 16.4. The maximum absolute atomic E-state index is 12.4. The predicted octanol–water partition coefficient (Wildman–Crippen LogP) is 2.14. The first-order valence-electron chi connectivity index (χ1n) is 8.02. The van der Waals surface area contributed by atoms with Crippen LogP contribution < -0.4 is 5.32 Å². The van der Waals surface area contributed by atoms with E-state index < -0.39 is 0 Å². The van der Waals surface area contributed by atoms with Gasteiger partial charge < -0.3 is 15.0 Å². The second-order valence-corrected chi connectivity index (χ2v) is 7.21. The minimum absolute atomic E-state index is 0.0152. The van der Waals surface area contributed by atoms with Gasteiger partial charge in [-0.05, 0) is 38.2 Å². The summed E-state index contributed by atoms with van der Waals surface area (Å²) in [5.74, 6) is 1.48. The Bertz CT molecular complexity index is 692. The largest absolute Gasteiger partial charge is 0.395 e. The Balaban J connectivity index is 1.78. The van der Waals surface area contributed by atoms with Crippen molar-refractivity contribution in [1.82, 2.24) is 14.9 Å². The summed E-state index contributed by atoms with van der Waals surface area (Å²) in [7, 11) is 0. The van der Waals surface area contributed by atoms with E-state index in [4.69, 9.17) is 4.98 Å². The number of para-hydroxylation sites is 2. The van der Waals surface area contributed by atoms with Crippen molar-refractivity contribution in [1.29, 1.82) is 0 Å². The molecule has 2 atom stereocenters. The quantitative estimate of drug-likeness (QED) is 0.815. The number of aromatic nitrogens is 2. The lowest BCUT2D eigenvalue weighted by Gasteiger charge is -2.21. The predicted molar refractivity (Wildman–Crippen MR) is 93.7 cm³/mol. The average Bonchev–Trinajstić information content (AvgIpc) is 3.32. The third-order valence-electron chi connectivity index (χ3n) is 4.36. The first-order chi connectivity index (χ1) is 11.1. The molecule has 1 amide bonds. The van der Waals surface area contributed by atoms with E-state index in [0.717, 1.165) is 29.7 Å². The fourth-order valence-electron chi connectivity index (χ4n) is 2.89. The lowest BCUT2D eigenvalue weighted by Crippen LogP contribution is -2.42. The van der Waals surface area contributed by atoms with Crippen LogP contribution in [0.15, 0.2) is 24.3 Å². The van der Waals surface area contributed by atoms with Gasteiger partial charge in [0.05, 0.1) is 17.6 Å². The number of rotatable bonds is 7. The van der Waals surface area contributed by atoms with Crippen LogP contribution in [-0.2, 0) is 11.3 Å². The molecule has 6 heteroatoms. The molecule has 2 aromatic rings. The van der Waals surface area contributed by atoms with Gasteiger partial charge >= 0.3 is 0 Å². The fraction of sp³-hybridized carbons (Fsp3) is 0.529. The Morgan fingerprint density at radius 3 is 2.87 bits per heavy atom. The SMILES string of the molecule is CSC(CO)C(C)NC(=O)Cn1c(C2CC2)nc2ccccc21. The summed E-state index contributed by atoms with van der Waals surface area (Å²) in [5.41, 5.74) is 1.97. The van der Waals surface area contributed by atoms with Gasteiger partial charge in [-0.2, -0.15) is 11.8 Å². The summed E-state index contributed by atoms with van der Waals surface area (Å²) in [6.45, 7) is 2.27. The van der Waals surface area contributed by atoms with Crippen molar-refractivity contribution in [3.8, 4) is 0 Å². The highest BCUT2D eigenvalue weighted by Crippen LogP contribution is 2.40.